The predicted molar refractivity (Wildman–Crippen MR) is 83.4 cm³/mol. The number of nitrogens with zero attached hydrogens (tertiary/aromatic N) is 2. The molecule has 0 aromatic carbocycles. The Labute approximate surface area is 126 Å². The Morgan fingerprint density at radius 2 is 2.14 bits per heavy atom. The van der Waals surface area contributed by atoms with Crippen LogP contribution in [-0.4, -0.2) is 42.6 Å². The van der Waals surface area contributed by atoms with Gasteiger partial charge in [0.05, 0.1) is 6.04 Å². The zero-order valence-electron chi connectivity index (χ0n) is 12.6. The highest BCUT2D eigenvalue weighted by molar-refractivity contribution is 5.82. The average Bonchev–Trinajstić information content (AvgIpc) is 3.03. The van der Waals surface area contributed by atoms with Crippen LogP contribution >= 0.6 is 0 Å². The van der Waals surface area contributed by atoms with Gasteiger partial charge in [-0.2, -0.15) is 0 Å². The van der Waals surface area contributed by atoms with Gasteiger partial charge in [0.2, 0.25) is 5.91 Å². The molecule has 5 heteroatoms. The lowest BCUT2D eigenvalue weighted by Gasteiger charge is -2.33. The lowest BCUT2D eigenvalue weighted by Crippen LogP contribution is -2.49. The van der Waals surface area contributed by atoms with Crippen molar-refractivity contribution in [2.75, 3.05) is 24.5 Å². The number of rotatable bonds is 3. The highest BCUT2D eigenvalue weighted by Gasteiger charge is 2.26. The van der Waals surface area contributed by atoms with Gasteiger partial charge in [-0.1, -0.05) is 6.07 Å². The molecule has 0 bridgehead atoms. The van der Waals surface area contributed by atoms with Crippen LogP contribution < -0.4 is 15.5 Å². The van der Waals surface area contributed by atoms with E-state index in [1.54, 1.807) is 0 Å². The lowest BCUT2D eigenvalue weighted by atomic mass is 10.0. The first-order valence-electron chi connectivity index (χ1n) is 7.94. The van der Waals surface area contributed by atoms with Gasteiger partial charge in [0.25, 0.3) is 0 Å². The molecule has 21 heavy (non-hydrogen) atoms. The second-order valence-electron chi connectivity index (χ2n) is 6.11. The number of hydrogen-bond donors (Lipinski definition) is 2. The molecular weight excluding hydrogens is 264 g/mol. The molecule has 0 aliphatic carbocycles. The third-order valence-electron chi connectivity index (χ3n) is 4.44. The molecule has 114 valence electrons. The molecule has 3 heterocycles. The van der Waals surface area contributed by atoms with Crippen LogP contribution in [0, 0.1) is 6.92 Å². The molecular formula is C16H24N4O. The minimum atomic E-state index is 0.0294. The first kappa shape index (κ1) is 14.3. The predicted octanol–water partition coefficient (Wildman–Crippen LogP) is 1.23. The third-order valence-corrected chi connectivity index (χ3v) is 4.44. The van der Waals surface area contributed by atoms with Crippen LogP contribution in [0.2, 0.25) is 0 Å². The molecule has 1 amide bonds. The van der Waals surface area contributed by atoms with Crippen molar-refractivity contribution in [1.82, 2.24) is 15.6 Å². The van der Waals surface area contributed by atoms with E-state index >= 15 is 0 Å². The van der Waals surface area contributed by atoms with Crippen molar-refractivity contribution in [1.29, 1.82) is 0 Å². The van der Waals surface area contributed by atoms with E-state index in [1.165, 1.54) is 5.56 Å². The molecule has 2 N–H and O–H groups in total. The second kappa shape index (κ2) is 6.43. The molecule has 2 aliphatic heterocycles. The number of carbonyl (C=O) groups excluding carboxylic acids is 1. The van der Waals surface area contributed by atoms with Gasteiger partial charge in [-0.3, -0.25) is 4.79 Å². The minimum Gasteiger partial charge on any atom is -0.356 e. The largest absolute Gasteiger partial charge is 0.356 e. The van der Waals surface area contributed by atoms with Gasteiger partial charge in [-0.25, -0.2) is 4.98 Å². The van der Waals surface area contributed by atoms with E-state index in [0.717, 1.165) is 51.1 Å². The molecule has 5 nitrogen and oxygen atoms in total. The number of anilines is 1. The third kappa shape index (κ3) is 3.53. The molecule has 1 atom stereocenters. The van der Waals surface area contributed by atoms with Crippen molar-refractivity contribution >= 4 is 11.7 Å². The number of aromatic nitrogens is 1. The van der Waals surface area contributed by atoms with Crippen molar-refractivity contribution in [3.8, 4) is 0 Å². The number of pyridine rings is 1. The van der Waals surface area contributed by atoms with E-state index in [-0.39, 0.29) is 11.9 Å². The second-order valence-corrected chi connectivity index (χ2v) is 6.11. The van der Waals surface area contributed by atoms with E-state index in [9.17, 15) is 4.79 Å². The fourth-order valence-corrected chi connectivity index (χ4v) is 3.11. The van der Waals surface area contributed by atoms with Crippen molar-refractivity contribution in [2.24, 2.45) is 0 Å². The molecule has 3 rings (SSSR count). The van der Waals surface area contributed by atoms with E-state index in [2.05, 4.69) is 39.6 Å². The molecule has 1 aromatic heterocycles. The summed E-state index contributed by atoms with van der Waals surface area (Å²) in [5.41, 5.74) is 1.19. The summed E-state index contributed by atoms with van der Waals surface area (Å²) < 4.78 is 0. The zero-order valence-corrected chi connectivity index (χ0v) is 12.6. The maximum Gasteiger partial charge on any atom is 0.237 e. The average molecular weight is 288 g/mol. The zero-order chi connectivity index (χ0) is 14.7. The summed E-state index contributed by atoms with van der Waals surface area (Å²) in [6.07, 6.45) is 5.98. The molecule has 2 aliphatic rings. The molecule has 2 fully saturated rings. The van der Waals surface area contributed by atoms with E-state index in [4.69, 9.17) is 0 Å². The van der Waals surface area contributed by atoms with Gasteiger partial charge < -0.3 is 15.5 Å². The maximum atomic E-state index is 12.1. The minimum absolute atomic E-state index is 0.0294. The Bertz CT molecular complexity index is 474. The quantitative estimate of drug-likeness (QED) is 0.878. The van der Waals surface area contributed by atoms with Gasteiger partial charge in [0, 0.05) is 25.3 Å². The highest BCUT2D eigenvalue weighted by Crippen LogP contribution is 2.18. The van der Waals surface area contributed by atoms with Gasteiger partial charge in [-0.15, -0.1) is 0 Å². The van der Waals surface area contributed by atoms with Crippen molar-refractivity contribution in [3.05, 3.63) is 23.9 Å². The molecule has 0 saturated carbocycles. The van der Waals surface area contributed by atoms with E-state index in [1.807, 2.05) is 6.20 Å². The molecule has 1 unspecified atom stereocenters. The fourth-order valence-electron chi connectivity index (χ4n) is 3.11. The maximum absolute atomic E-state index is 12.1. The monoisotopic (exact) mass is 288 g/mol. The van der Waals surface area contributed by atoms with Crippen LogP contribution in [0.1, 0.15) is 31.2 Å². The SMILES string of the molecule is Cc1ccc(N2CCC(NC(=O)C3CCCN3)CC2)nc1. The normalized spacial score (nSPS) is 23.3. The van der Waals surface area contributed by atoms with Crippen LogP contribution in [0.15, 0.2) is 18.3 Å². The van der Waals surface area contributed by atoms with Gasteiger partial charge >= 0.3 is 0 Å². The van der Waals surface area contributed by atoms with Crippen LogP contribution in [0.25, 0.3) is 0 Å². The number of aryl methyl sites for hydroxylation is 1. The van der Waals surface area contributed by atoms with Crippen LogP contribution in [0.5, 0.6) is 0 Å². The van der Waals surface area contributed by atoms with Gasteiger partial charge in [0.15, 0.2) is 0 Å². The molecule has 1 aromatic rings. The Morgan fingerprint density at radius 1 is 1.33 bits per heavy atom. The summed E-state index contributed by atoms with van der Waals surface area (Å²) in [7, 11) is 0. The van der Waals surface area contributed by atoms with Gasteiger partial charge in [0.1, 0.15) is 5.82 Å². The first-order valence-corrected chi connectivity index (χ1v) is 7.94. The fraction of sp³-hybridized carbons (Fsp3) is 0.625. The number of piperidine rings is 1. The molecule has 2 saturated heterocycles. The summed E-state index contributed by atoms with van der Waals surface area (Å²) >= 11 is 0. The van der Waals surface area contributed by atoms with E-state index in [0.29, 0.717) is 6.04 Å². The first-order chi connectivity index (χ1) is 10.2. The van der Waals surface area contributed by atoms with Crippen molar-refractivity contribution in [2.45, 2.75) is 44.7 Å². The van der Waals surface area contributed by atoms with Crippen LogP contribution in [-0.2, 0) is 4.79 Å². The summed E-state index contributed by atoms with van der Waals surface area (Å²) in [6, 6.07) is 4.52. The Balaban J connectivity index is 1.48. The van der Waals surface area contributed by atoms with Crippen molar-refractivity contribution in [3.63, 3.8) is 0 Å². The summed E-state index contributed by atoms with van der Waals surface area (Å²) in [6.45, 7) is 4.93. The van der Waals surface area contributed by atoms with Crippen LogP contribution in [0.3, 0.4) is 0 Å². The van der Waals surface area contributed by atoms with Gasteiger partial charge in [-0.05, 0) is 50.8 Å². The smallest absolute Gasteiger partial charge is 0.237 e. The van der Waals surface area contributed by atoms with Crippen molar-refractivity contribution < 1.29 is 4.79 Å². The Hall–Kier alpha value is -1.62. The standard InChI is InChI=1S/C16H24N4O/c1-12-4-5-15(18-11-12)20-9-6-13(7-10-20)19-16(21)14-3-2-8-17-14/h4-5,11,13-14,17H,2-3,6-10H2,1H3,(H,19,21). The number of carbonyl (C=O) groups is 1. The summed E-state index contributed by atoms with van der Waals surface area (Å²) in [5, 5.41) is 6.45. The molecule has 0 spiro atoms. The Kier molecular flexibility index (Phi) is 4.39. The van der Waals surface area contributed by atoms with Crippen LogP contribution in [0.4, 0.5) is 5.82 Å². The summed E-state index contributed by atoms with van der Waals surface area (Å²) in [4.78, 5) is 18.9. The highest BCUT2D eigenvalue weighted by atomic mass is 16.2. The topological polar surface area (TPSA) is 57.3 Å². The number of amides is 1. The molecule has 0 radical (unpaired) electrons. The lowest BCUT2D eigenvalue weighted by molar-refractivity contribution is -0.123. The number of hydrogen-bond acceptors (Lipinski definition) is 4. The summed E-state index contributed by atoms with van der Waals surface area (Å²) in [5.74, 6) is 1.22. The Morgan fingerprint density at radius 3 is 2.76 bits per heavy atom. The van der Waals surface area contributed by atoms with E-state index < -0.39 is 0 Å². The number of nitrogens with one attached hydrogen (secondary N) is 2.